The van der Waals surface area contributed by atoms with E-state index in [0.717, 1.165) is 11.1 Å². The molecule has 0 saturated carbocycles. The average molecular weight is 328 g/mol. The van der Waals surface area contributed by atoms with Gasteiger partial charge in [0, 0.05) is 6.92 Å². The Morgan fingerprint density at radius 1 is 1.32 bits per heavy atom. The summed E-state index contributed by atoms with van der Waals surface area (Å²) < 4.78 is 10.3. The quantitative estimate of drug-likeness (QED) is 0.334. The van der Waals surface area contributed by atoms with E-state index in [1.54, 1.807) is 12.1 Å². The van der Waals surface area contributed by atoms with Crippen LogP contribution in [0.2, 0.25) is 0 Å². The van der Waals surface area contributed by atoms with Crippen LogP contribution in [0.25, 0.3) is 0 Å². The molecule has 0 aliphatic rings. The highest BCUT2D eigenvalue weighted by molar-refractivity contribution is 7.78. The minimum atomic E-state index is -0.617. The number of carbonyl (C=O) groups is 2. The first-order valence-corrected chi connectivity index (χ1v) is 7.57. The van der Waals surface area contributed by atoms with Crippen LogP contribution in [0.4, 0.5) is 4.79 Å². The van der Waals surface area contributed by atoms with Gasteiger partial charge < -0.3 is 9.47 Å². The van der Waals surface area contributed by atoms with Gasteiger partial charge in [0.2, 0.25) is 0 Å². The maximum absolute atomic E-state index is 11.4. The van der Waals surface area contributed by atoms with E-state index in [4.69, 9.17) is 9.47 Å². The van der Waals surface area contributed by atoms with Gasteiger partial charge in [-0.2, -0.15) is 4.83 Å². The number of benzene rings is 1. The Labute approximate surface area is 137 Å². The summed E-state index contributed by atoms with van der Waals surface area (Å²) in [6, 6.07) is 5.28. The van der Waals surface area contributed by atoms with Crippen molar-refractivity contribution in [3.63, 3.8) is 0 Å². The number of amides is 1. The molecule has 124 valence electrons. The molecule has 0 heterocycles. The van der Waals surface area contributed by atoms with E-state index in [-0.39, 0.29) is 12.1 Å². The molecule has 1 aromatic rings. The predicted molar refractivity (Wildman–Crippen MR) is 88.6 cm³/mol. The standard InChI is InChI=1S/C13H18N2O4S.C2H6/c1-4-11(19-13(17)14-15-20)10-5-6-12(8(2)7-10)18-9(3)16;1-2/h5-7,11,15,20H,4H2,1-3H3,(H,14,17);1-2H3. The molecule has 0 aliphatic heterocycles. The third kappa shape index (κ3) is 6.82. The van der Waals surface area contributed by atoms with Crippen LogP contribution < -0.4 is 15.0 Å². The lowest BCUT2D eigenvalue weighted by molar-refractivity contribution is -0.131. The summed E-state index contributed by atoms with van der Waals surface area (Å²) in [4.78, 5) is 24.5. The predicted octanol–water partition coefficient (Wildman–Crippen LogP) is 3.47. The molecule has 0 bridgehead atoms. The molecule has 0 saturated heterocycles. The summed E-state index contributed by atoms with van der Waals surface area (Å²) in [5, 5.41) is 0. The van der Waals surface area contributed by atoms with E-state index in [1.807, 2.05) is 33.8 Å². The first-order valence-electron chi connectivity index (χ1n) is 7.12. The van der Waals surface area contributed by atoms with Crippen LogP contribution in [0.1, 0.15) is 51.3 Å². The molecule has 0 spiro atoms. The van der Waals surface area contributed by atoms with E-state index < -0.39 is 6.09 Å². The van der Waals surface area contributed by atoms with Crippen molar-refractivity contribution in [1.82, 2.24) is 10.3 Å². The molecule has 2 N–H and O–H groups in total. The number of hydrogen-bond acceptors (Lipinski definition) is 6. The number of aryl methyl sites for hydroxylation is 1. The van der Waals surface area contributed by atoms with Crippen molar-refractivity contribution in [3.8, 4) is 5.75 Å². The van der Waals surface area contributed by atoms with Crippen molar-refractivity contribution in [2.45, 2.75) is 47.1 Å². The summed E-state index contributed by atoms with van der Waals surface area (Å²) in [7, 11) is 0. The van der Waals surface area contributed by atoms with Crippen molar-refractivity contribution in [1.29, 1.82) is 0 Å². The van der Waals surface area contributed by atoms with Crippen molar-refractivity contribution in [3.05, 3.63) is 29.3 Å². The number of rotatable bonds is 5. The Balaban J connectivity index is 0.00000211. The molecule has 1 amide bonds. The Morgan fingerprint density at radius 3 is 2.41 bits per heavy atom. The number of thiol groups is 1. The number of hydrazine groups is 1. The Morgan fingerprint density at radius 2 is 1.95 bits per heavy atom. The van der Waals surface area contributed by atoms with Crippen LogP contribution in [0, 0.1) is 6.92 Å². The van der Waals surface area contributed by atoms with Gasteiger partial charge in [0.1, 0.15) is 11.9 Å². The van der Waals surface area contributed by atoms with Crippen LogP contribution in [-0.2, 0) is 9.53 Å². The molecule has 0 radical (unpaired) electrons. The summed E-state index contributed by atoms with van der Waals surface area (Å²) in [6.45, 7) is 9.07. The van der Waals surface area contributed by atoms with Crippen LogP contribution in [0.15, 0.2) is 18.2 Å². The smallest absolute Gasteiger partial charge is 0.422 e. The third-order valence-electron chi connectivity index (χ3n) is 2.60. The van der Waals surface area contributed by atoms with Crippen LogP contribution in [0.3, 0.4) is 0 Å². The molecule has 0 fully saturated rings. The fourth-order valence-electron chi connectivity index (χ4n) is 1.73. The number of esters is 1. The molecular formula is C15H24N2O4S. The number of hydrogen-bond donors (Lipinski definition) is 3. The second-order valence-corrected chi connectivity index (χ2v) is 4.38. The minimum Gasteiger partial charge on any atom is -0.440 e. The van der Waals surface area contributed by atoms with Crippen LogP contribution >= 0.6 is 12.8 Å². The van der Waals surface area contributed by atoms with Gasteiger partial charge >= 0.3 is 12.1 Å². The van der Waals surface area contributed by atoms with Crippen molar-refractivity contribution in [2.24, 2.45) is 0 Å². The SMILES string of the molecule is CC.CCC(OC(=O)NNS)c1ccc(OC(C)=O)c(C)c1. The molecule has 1 unspecified atom stereocenters. The second kappa shape index (κ2) is 10.9. The summed E-state index contributed by atoms with van der Waals surface area (Å²) in [6.07, 6.45) is -0.387. The van der Waals surface area contributed by atoms with Gasteiger partial charge in [-0.1, -0.05) is 39.7 Å². The number of nitrogens with one attached hydrogen (secondary N) is 2. The number of carbonyl (C=O) groups excluding carboxylic acids is 2. The first-order chi connectivity index (χ1) is 10.5. The Hall–Kier alpha value is -1.73. The highest BCUT2D eigenvalue weighted by Crippen LogP contribution is 2.26. The normalized spacial score (nSPS) is 10.8. The summed E-state index contributed by atoms with van der Waals surface area (Å²) in [5.74, 6) is 0.126. The Kier molecular flexibility index (Phi) is 10.1. The van der Waals surface area contributed by atoms with E-state index in [2.05, 4.69) is 23.1 Å². The maximum Gasteiger partial charge on any atom is 0.422 e. The molecule has 1 rings (SSSR count). The van der Waals surface area contributed by atoms with Crippen molar-refractivity contribution < 1.29 is 19.1 Å². The average Bonchev–Trinajstić information content (AvgIpc) is 2.49. The monoisotopic (exact) mass is 328 g/mol. The van der Waals surface area contributed by atoms with Crippen molar-refractivity contribution in [2.75, 3.05) is 0 Å². The van der Waals surface area contributed by atoms with E-state index in [9.17, 15) is 9.59 Å². The van der Waals surface area contributed by atoms with E-state index in [0.29, 0.717) is 12.2 Å². The second-order valence-electron chi connectivity index (χ2n) is 4.16. The van der Waals surface area contributed by atoms with Gasteiger partial charge in [0.25, 0.3) is 0 Å². The van der Waals surface area contributed by atoms with E-state index >= 15 is 0 Å². The molecule has 0 aromatic heterocycles. The first kappa shape index (κ1) is 20.3. The largest absolute Gasteiger partial charge is 0.440 e. The lowest BCUT2D eigenvalue weighted by Crippen LogP contribution is -2.32. The van der Waals surface area contributed by atoms with Crippen LogP contribution in [-0.4, -0.2) is 12.1 Å². The topological polar surface area (TPSA) is 76.7 Å². The Bertz CT molecular complexity index is 494. The highest BCUT2D eigenvalue weighted by atomic mass is 32.1. The van der Waals surface area contributed by atoms with Gasteiger partial charge in [-0.3, -0.25) is 4.79 Å². The van der Waals surface area contributed by atoms with Gasteiger partial charge in [0.15, 0.2) is 0 Å². The fourth-order valence-corrected chi connectivity index (χ4v) is 1.82. The molecule has 1 aromatic carbocycles. The zero-order chi connectivity index (χ0) is 17.1. The molecule has 0 aliphatic carbocycles. The molecule has 7 heteroatoms. The van der Waals surface area contributed by atoms with Gasteiger partial charge in [-0.15, -0.1) is 0 Å². The third-order valence-corrected chi connectivity index (χ3v) is 2.71. The lowest BCUT2D eigenvalue weighted by atomic mass is 10.0. The minimum absolute atomic E-state index is 0.372. The molecule has 22 heavy (non-hydrogen) atoms. The van der Waals surface area contributed by atoms with Gasteiger partial charge in [-0.05, 0) is 36.6 Å². The zero-order valence-corrected chi connectivity index (χ0v) is 14.5. The molecule has 6 nitrogen and oxygen atoms in total. The van der Waals surface area contributed by atoms with Crippen molar-refractivity contribution >= 4 is 24.9 Å². The van der Waals surface area contributed by atoms with Gasteiger partial charge in [0.05, 0.1) is 0 Å². The fraction of sp³-hybridized carbons (Fsp3) is 0.467. The number of ether oxygens (including phenoxy) is 2. The van der Waals surface area contributed by atoms with Crippen LogP contribution in [0.5, 0.6) is 5.75 Å². The zero-order valence-electron chi connectivity index (χ0n) is 13.6. The van der Waals surface area contributed by atoms with Gasteiger partial charge in [-0.25, -0.2) is 10.2 Å². The highest BCUT2D eigenvalue weighted by Gasteiger charge is 2.16. The molecular weight excluding hydrogens is 304 g/mol. The molecule has 1 atom stereocenters. The van der Waals surface area contributed by atoms with E-state index in [1.165, 1.54) is 6.92 Å². The lowest BCUT2D eigenvalue weighted by Gasteiger charge is -2.18. The summed E-state index contributed by atoms with van der Waals surface area (Å²) in [5.41, 5.74) is 3.84. The summed E-state index contributed by atoms with van der Waals surface area (Å²) >= 11 is 3.65. The maximum atomic E-state index is 11.4.